The van der Waals surface area contributed by atoms with E-state index in [1.165, 1.54) is 11.3 Å². The quantitative estimate of drug-likeness (QED) is 0.421. The van der Waals surface area contributed by atoms with Crippen LogP contribution < -0.4 is 19.5 Å². The Kier molecular flexibility index (Phi) is 6.24. The Balaban J connectivity index is 1.46. The van der Waals surface area contributed by atoms with E-state index in [-0.39, 0.29) is 23.9 Å². The molecule has 172 valence electrons. The minimum absolute atomic E-state index is 0.159. The van der Waals surface area contributed by atoms with E-state index in [1.54, 1.807) is 18.7 Å². The third-order valence-electron chi connectivity index (χ3n) is 5.07. The maximum absolute atomic E-state index is 12.5. The number of carbonyl (C=O) groups excluding carboxylic acids is 1. The topological polar surface area (TPSA) is 87.0 Å². The van der Waals surface area contributed by atoms with Crippen LogP contribution in [0.3, 0.4) is 0 Å². The number of methoxy groups -OCH3 is 2. The lowest BCUT2D eigenvalue weighted by Crippen LogP contribution is -2.22. The first-order chi connectivity index (χ1) is 15.8. The summed E-state index contributed by atoms with van der Waals surface area (Å²) in [5.41, 5.74) is 2.64. The molecular formula is C24H26N4O4S. The van der Waals surface area contributed by atoms with Gasteiger partial charge in [-0.1, -0.05) is 20.8 Å². The molecule has 1 amide bonds. The van der Waals surface area contributed by atoms with Crippen molar-refractivity contribution in [1.29, 1.82) is 0 Å². The fraction of sp³-hybridized carbons (Fsp3) is 0.292. The second-order valence-electron chi connectivity index (χ2n) is 8.43. The largest absolute Gasteiger partial charge is 0.497 e. The first-order valence-corrected chi connectivity index (χ1v) is 11.3. The molecule has 0 radical (unpaired) electrons. The number of benzene rings is 2. The van der Waals surface area contributed by atoms with Crippen LogP contribution in [0.15, 0.2) is 47.8 Å². The molecule has 8 nitrogen and oxygen atoms in total. The molecule has 0 atom stereocenters. The summed E-state index contributed by atoms with van der Waals surface area (Å²) in [5, 5.41) is 9.14. The second-order valence-corrected chi connectivity index (χ2v) is 9.26. The van der Waals surface area contributed by atoms with E-state index in [0.717, 1.165) is 28.3 Å². The number of aromatic nitrogens is 3. The van der Waals surface area contributed by atoms with E-state index in [2.05, 4.69) is 36.2 Å². The summed E-state index contributed by atoms with van der Waals surface area (Å²) in [5.74, 6) is 2.06. The van der Waals surface area contributed by atoms with Crippen LogP contribution in [0.25, 0.3) is 16.2 Å². The molecule has 1 N–H and O–H groups in total. The van der Waals surface area contributed by atoms with E-state index in [1.807, 2.05) is 47.8 Å². The maximum atomic E-state index is 12.5. The van der Waals surface area contributed by atoms with E-state index in [0.29, 0.717) is 10.7 Å². The Hall–Kier alpha value is -3.59. The number of nitrogens with one attached hydrogen (secondary N) is 1. The van der Waals surface area contributed by atoms with Gasteiger partial charge in [-0.2, -0.15) is 4.98 Å². The van der Waals surface area contributed by atoms with Crippen LogP contribution in [-0.2, 0) is 10.2 Å². The average Bonchev–Trinajstić information content (AvgIpc) is 3.37. The van der Waals surface area contributed by atoms with Gasteiger partial charge in [0.2, 0.25) is 4.96 Å². The number of thiazole rings is 1. The van der Waals surface area contributed by atoms with Crippen molar-refractivity contribution < 1.29 is 19.0 Å². The number of anilines is 1. The van der Waals surface area contributed by atoms with Crippen molar-refractivity contribution >= 4 is 28.2 Å². The lowest BCUT2D eigenvalue weighted by Gasteiger charge is -2.23. The third kappa shape index (κ3) is 4.93. The van der Waals surface area contributed by atoms with Crippen LogP contribution in [-0.4, -0.2) is 41.3 Å². The van der Waals surface area contributed by atoms with Crippen LogP contribution in [0.1, 0.15) is 26.3 Å². The Morgan fingerprint density at radius 3 is 2.42 bits per heavy atom. The van der Waals surface area contributed by atoms with Crippen molar-refractivity contribution in [3.63, 3.8) is 0 Å². The highest BCUT2D eigenvalue weighted by Crippen LogP contribution is 2.34. The molecular weight excluding hydrogens is 440 g/mol. The van der Waals surface area contributed by atoms with Gasteiger partial charge in [-0.15, -0.1) is 16.4 Å². The number of ether oxygens (including phenoxy) is 3. The van der Waals surface area contributed by atoms with Gasteiger partial charge in [0.1, 0.15) is 17.2 Å². The van der Waals surface area contributed by atoms with E-state index in [4.69, 9.17) is 14.2 Å². The first kappa shape index (κ1) is 22.6. The SMILES string of the molecule is COc1ccc(-c2csc3nc(NC(=O)COc4ccc(OC)cc4C(C)(C)C)nn23)cc1. The fourth-order valence-electron chi connectivity index (χ4n) is 3.35. The molecule has 0 fully saturated rings. The molecule has 4 rings (SSSR count). The molecule has 0 saturated carbocycles. The summed E-state index contributed by atoms with van der Waals surface area (Å²) in [6, 6.07) is 13.2. The second kappa shape index (κ2) is 9.11. The van der Waals surface area contributed by atoms with Crippen molar-refractivity contribution in [1.82, 2.24) is 14.6 Å². The predicted octanol–water partition coefficient (Wildman–Crippen LogP) is 4.79. The summed E-state index contributed by atoms with van der Waals surface area (Å²) in [7, 11) is 3.25. The van der Waals surface area contributed by atoms with E-state index in [9.17, 15) is 4.79 Å². The molecule has 0 aliphatic rings. The van der Waals surface area contributed by atoms with Gasteiger partial charge in [0.15, 0.2) is 6.61 Å². The van der Waals surface area contributed by atoms with Crippen LogP contribution in [0.5, 0.6) is 17.2 Å². The summed E-state index contributed by atoms with van der Waals surface area (Å²) < 4.78 is 18.1. The highest BCUT2D eigenvalue weighted by Gasteiger charge is 2.21. The number of rotatable bonds is 7. The van der Waals surface area contributed by atoms with Gasteiger partial charge in [-0.25, -0.2) is 4.52 Å². The fourth-order valence-corrected chi connectivity index (χ4v) is 4.18. The van der Waals surface area contributed by atoms with Gasteiger partial charge in [0.05, 0.1) is 19.9 Å². The summed E-state index contributed by atoms with van der Waals surface area (Å²) >= 11 is 1.45. The van der Waals surface area contributed by atoms with E-state index < -0.39 is 0 Å². The zero-order valence-corrected chi connectivity index (χ0v) is 20.0. The number of hydrogen-bond donors (Lipinski definition) is 1. The summed E-state index contributed by atoms with van der Waals surface area (Å²) in [6.07, 6.45) is 0. The first-order valence-electron chi connectivity index (χ1n) is 10.4. The molecule has 9 heteroatoms. The zero-order chi connectivity index (χ0) is 23.6. The Morgan fingerprint density at radius 2 is 1.76 bits per heavy atom. The minimum atomic E-state index is -0.338. The molecule has 2 aromatic heterocycles. The molecule has 2 heterocycles. The van der Waals surface area contributed by atoms with Crippen molar-refractivity contribution in [3.05, 3.63) is 53.4 Å². The Bertz CT molecular complexity index is 1270. The lowest BCUT2D eigenvalue weighted by atomic mass is 9.86. The zero-order valence-electron chi connectivity index (χ0n) is 19.2. The van der Waals surface area contributed by atoms with Gasteiger partial charge in [0.25, 0.3) is 11.9 Å². The smallest absolute Gasteiger partial charge is 0.264 e. The number of nitrogens with zero attached hydrogens (tertiary/aromatic N) is 3. The number of fused-ring (bicyclic) bond motifs is 1. The van der Waals surface area contributed by atoms with Gasteiger partial charge < -0.3 is 14.2 Å². The van der Waals surface area contributed by atoms with Gasteiger partial charge in [-0.3, -0.25) is 10.1 Å². The van der Waals surface area contributed by atoms with Gasteiger partial charge in [0, 0.05) is 16.5 Å². The molecule has 0 aliphatic carbocycles. The molecule has 0 bridgehead atoms. The average molecular weight is 467 g/mol. The van der Waals surface area contributed by atoms with Gasteiger partial charge >= 0.3 is 0 Å². The Labute approximate surface area is 196 Å². The molecule has 2 aromatic carbocycles. The summed E-state index contributed by atoms with van der Waals surface area (Å²) in [4.78, 5) is 17.6. The highest BCUT2D eigenvalue weighted by atomic mass is 32.1. The van der Waals surface area contributed by atoms with Gasteiger partial charge in [-0.05, 0) is 47.9 Å². The number of amides is 1. The number of hydrogen-bond acceptors (Lipinski definition) is 7. The monoisotopic (exact) mass is 466 g/mol. The van der Waals surface area contributed by atoms with Crippen LogP contribution in [0.2, 0.25) is 0 Å². The normalized spacial score (nSPS) is 11.4. The molecule has 0 unspecified atom stereocenters. The van der Waals surface area contributed by atoms with Crippen molar-refractivity contribution in [2.24, 2.45) is 0 Å². The number of carbonyl (C=O) groups is 1. The van der Waals surface area contributed by atoms with Crippen molar-refractivity contribution in [2.75, 3.05) is 26.1 Å². The lowest BCUT2D eigenvalue weighted by molar-refractivity contribution is -0.118. The highest BCUT2D eigenvalue weighted by molar-refractivity contribution is 7.15. The molecule has 33 heavy (non-hydrogen) atoms. The van der Waals surface area contributed by atoms with E-state index >= 15 is 0 Å². The third-order valence-corrected chi connectivity index (χ3v) is 5.89. The van der Waals surface area contributed by atoms with Crippen LogP contribution >= 0.6 is 11.3 Å². The minimum Gasteiger partial charge on any atom is -0.497 e. The van der Waals surface area contributed by atoms with Crippen molar-refractivity contribution in [2.45, 2.75) is 26.2 Å². The maximum Gasteiger partial charge on any atom is 0.264 e. The Morgan fingerprint density at radius 1 is 1.06 bits per heavy atom. The van der Waals surface area contributed by atoms with Crippen LogP contribution in [0, 0.1) is 0 Å². The molecule has 0 aliphatic heterocycles. The molecule has 4 aromatic rings. The predicted molar refractivity (Wildman–Crippen MR) is 129 cm³/mol. The molecule has 0 spiro atoms. The van der Waals surface area contributed by atoms with Crippen molar-refractivity contribution in [3.8, 4) is 28.5 Å². The summed E-state index contributed by atoms with van der Waals surface area (Å²) in [6.45, 7) is 6.08. The van der Waals surface area contributed by atoms with Crippen LogP contribution in [0.4, 0.5) is 5.95 Å². The molecule has 0 saturated heterocycles. The standard InChI is InChI=1S/C24H26N4O4S/c1-24(2,3)18-12-17(31-5)10-11-20(18)32-13-21(29)25-22-26-23-28(27-22)19(14-33-23)15-6-8-16(30-4)9-7-15/h6-12,14H,13H2,1-5H3,(H,25,27,29).